The van der Waals surface area contributed by atoms with Gasteiger partial charge in [-0.05, 0) is 30.7 Å². The number of ether oxygens (including phenoxy) is 1. The molecule has 0 aliphatic rings. The molecule has 3 rings (SSSR count). The lowest BCUT2D eigenvalue weighted by atomic mass is 10.1. The van der Waals surface area contributed by atoms with E-state index >= 15 is 0 Å². The van der Waals surface area contributed by atoms with Crippen molar-refractivity contribution in [3.05, 3.63) is 64.7 Å². The van der Waals surface area contributed by atoms with E-state index in [9.17, 15) is 18.4 Å². The Morgan fingerprint density at radius 3 is 2.81 bits per heavy atom. The number of carbonyl (C=O) groups excluding carboxylic acids is 1. The topological polar surface area (TPSA) is 73.2 Å². The van der Waals surface area contributed by atoms with Crippen LogP contribution in [0.4, 0.5) is 14.5 Å². The lowest BCUT2D eigenvalue weighted by Crippen LogP contribution is -2.23. The molecule has 1 amide bonds. The summed E-state index contributed by atoms with van der Waals surface area (Å²) in [7, 11) is 0. The van der Waals surface area contributed by atoms with Gasteiger partial charge in [-0.1, -0.05) is 18.2 Å². The smallest absolute Gasteiger partial charge is 0.387 e. The first-order chi connectivity index (χ1) is 12.9. The van der Waals surface area contributed by atoms with Crippen LogP contribution in [0.1, 0.15) is 12.0 Å². The van der Waals surface area contributed by atoms with Gasteiger partial charge in [0, 0.05) is 24.7 Å². The number of aromatic nitrogens is 2. The maximum absolute atomic E-state index is 12.5. The molecule has 1 aromatic heterocycles. The van der Waals surface area contributed by atoms with Crippen molar-refractivity contribution in [3.8, 4) is 5.75 Å². The number of halogens is 2. The molecule has 0 saturated carbocycles. The standard InChI is InChI=1S/C19H17F2N3O3/c1-12-4-2-7-15-17(12)22-11-24(18(15)26)9-8-16(25)23-13-5-3-6-14(10-13)27-19(20)21/h2-7,10-11,19H,8-9H2,1H3,(H,23,25). The van der Waals surface area contributed by atoms with Crippen LogP contribution in [0.3, 0.4) is 0 Å². The lowest BCUT2D eigenvalue weighted by molar-refractivity contribution is -0.116. The van der Waals surface area contributed by atoms with Crippen LogP contribution in [0, 0.1) is 6.92 Å². The van der Waals surface area contributed by atoms with E-state index in [0.717, 1.165) is 5.56 Å². The number of aryl methyl sites for hydroxylation is 2. The van der Waals surface area contributed by atoms with Crippen LogP contribution in [0.5, 0.6) is 5.75 Å². The third-order valence-corrected chi connectivity index (χ3v) is 3.98. The molecule has 0 fully saturated rings. The first-order valence-electron chi connectivity index (χ1n) is 8.23. The monoisotopic (exact) mass is 373 g/mol. The first kappa shape index (κ1) is 18.5. The Hall–Kier alpha value is -3.29. The van der Waals surface area contributed by atoms with E-state index in [1.807, 2.05) is 13.0 Å². The summed E-state index contributed by atoms with van der Waals surface area (Å²) in [6, 6.07) is 11.1. The molecule has 27 heavy (non-hydrogen) atoms. The summed E-state index contributed by atoms with van der Waals surface area (Å²) in [5.41, 5.74) is 1.65. The van der Waals surface area contributed by atoms with Crippen LogP contribution in [-0.2, 0) is 11.3 Å². The highest BCUT2D eigenvalue weighted by Crippen LogP contribution is 2.19. The number of alkyl halides is 2. The van der Waals surface area contributed by atoms with Gasteiger partial charge in [0.05, 0.1) is 17.2 Å². The van der Waals surface area contributed by atoms with E-state index < -0.39 is 6.61 Å². The van der Waals surface area contributed by atoms with Crippen molar-refractivity contribution in [1.29, 1.82) is 0 Å². The maximum Gasteiger partial charge on any atom is 0.387 e. The van der Waals surface area contributed by atoms with Gasteiger partial charge >= 0.3 is 6.61 Å². The Morgan fingerprint density at radius 2 is 2.04 bits per heavy atom. The van der Waals surface area contributed by atoms with Crippen LogP contribution >= 0.6 is 0 Å². The molecule has 0 aliphatic carbocycles. The van der Waals surface area contributed by atoms with Crippen molar-refractivity contribution in [2.75, 3.05) is 5.32 Å². The van der Waals surface area contributed by atoms with E-state index in [-0.39, 0.29) is 30.2 Å². The summed E-state index contributed by atoms with van der Waals surface area (Å²) >= 11 is 0. The Morgan fingerprint density at radius 1 is 1.26 bits per heavy atom. The van der Waals surface area contributed by atoms with Crippen LogP contribution in [0.25, 0.3) is 10.9 Å². The molecule has 0 aliphatic heterocycles. The number of hydrogen-bond acceptors (Lipinski definition) is 4. The average molecular weight is 373 g/mol. The zero-order valence-corrected chi connectivity index (χ0v) is 14.5. The summed E-state index contributed by atoms with van der Waals surface area (Å²) in [6.07, 6.45) is 1.45. The van der Waals surface area contributed by atoms with E-state index in [4.69, 9.17) is 0 Å². The molecule has 1 heterocycles. The minimum atomic E-state index is -2.94. The largest absolute Gasteiger partial charge is 0.435 e. The van der Waals surface area contributed by atoms with Crippen molar-refractivity contribution in [3.63, 3.8) is 0 Å². The molecular weight excluding hydrogens is 356 g/mol. The molecule has 6 nitrogen and oxygen atoms in total. The zero-order chi connectivity index (χ0) is 19.4. The van der Waals surface area contributed by atoms with Gasteiger partial charge in [0.1, 0.15) is 5.75 Å². The Balaban J connectivity index is 1.67. The van der Waals surface area contributed by atoms with Gasteiger partial charge in [-0.2, -0.15) is 8.78 Å². The van der Waals surface area contributed by atoms with Crippen molar-refractivity contribution < 1.29 is 18.3 Å². The van der Waals surface area contributed by atoms with E-state index in [1.165, 1.54) is 29.1 Å². The summed E-state index contributed by atoms with van der Waals surface area (Å²) < 4.78 is 30.2. The summed E-state index contributed by atoms with van der Waals surface area (Å²) in [5.74, 6) is -0.409. The van der Waals surface area contributed by atoms with Gasteiger partial charge in [0.2, 0.25) is 5.91 Å². The summed E-state index contributed by atoms with van der Waals surface area (Å²) in [5, 5.41) is 3.09. The second-order valence-corrected chi connectivity index (χ2v) is 5.92. The fourth-order valence-corrected chi connectivity index (χ4v) is 2.69. The number of hydrogen-bond donors (Lipinski definition) is 1. The molecule has 0 saturated heterocycles. The molecule has 140 valence electrons. The quantitative estimate of drug-likeness (QED) is 0.719. The number of para-hydroxylation sites is 1. The normalized spacial score (nSPS) is 11.0. The van der Waals surface area contributed by atoms with Gasteiger partial charge in [-0.3, -0.25) is 14.2 Å². The highest BCUT2D eigenvalue weighted by Gasteiger charge is 2.09. The SMILES string of the molecule is Cc1cccc2c(=O)n(CCC(=O)Nc3cccc(OC(F)F)c3)cnc12. The van der Waals surface area contributed by atoms with Crippen molar-refractivity contribution in [2.45, 2.75) is 26.5 Å². The molecule has 0 radical (unpaired) electrons. The molecule has 8 heteroatoms. The van der Waals surface area contributed by atoms with Crippen LogP contribution < -0.4 is 15.6 Å². The zero-order valence-electron chi connectivity index (χ0n) is 14.5. The minimum absolute atomic E-state index is 0.0266. The Bertz CT molecular complexity index is 1030. The predicted molar refractivity (Wildman–Crippen MR) is 97.1 cm³/mol. The molecule has 0 bridgehead atoms. The van der Waals surface area contributed by atoms with E-state index in [0.29, 0.717) is 16.6 Å². The number of rotatable bonds is 6. The van der Waals surface area contributed by atoms with Crippen molar-refractivity contribution in [2.24, 2.45) is 0 Å². The molecular formula is C19H17F2N3O3. The molecule has 0 unspecified atom stereocenters. The number of fused-ring (bicyclic) bond motifs is 1. The summed E-state index contributed by atoms with van der Waals surface area (Å²) in [4.78, 5) is 28.9. The molecule has 1 N–H and O–H groups in total. The van der Waals surface area contributed by atoms with Crippen molar-refractivity contribution in [1.82, 2.24) is 9.55 Å². The molecule has 0 atom stereocenters. The third-order valence-electron chi connectivity index (χ3n) is 3.98. The van der Waals surface area contributed by atoms with Crippen LogP contribution in [0.2, 0.25) is 0 Å². The third kappa shape index (κ3) is 4.46. The van der Waals surface area contributed by atoms with Crippen LogP contribution in [-0.4, -0.2) is 22.1 Å². The highest BCUT2D eigenvalue weighted by molar-refractivity contribution is 5.90. The predicted octanol–water partition coefficient (Wildman–Crippen LogP) is 3.34. The number of carbonyl (C=O) groups is 1. The van der Waals surface area contributed by atoms with Crippen LogP contribution in [0.15, 0.2) is 53.6 Å². The number of nitrogens with one attached hydrogen (secondary N) is 1. The van der Waals surface area contributed by atoms with Gasteiger partial charge in [0.15, 0.2) is 0 Å². The number of benzene rings is 2. The van der Waals surface area contributed by atoms with E-state index in [1.54, 1.807) is 18.2 Å². The number of nitrogens with zero attached hydrogens (tertiary/aromatic N) is 2. The number of amides is 1. The highest BCUT2D eigenvalue weighted by atomic mass is 19.3. The van der Waals surface area contributed by atoms with Gasteiger partial charge in [0.25, 0.3) is 5.56 Å². The fourth-order valence-electron chi connectivity index (χ4n) is 2.69. The molecule has 3 aromatic rings. The summed E-state index contributed by atoms with van der Waals surface area (Å²) in [6.45, 7) is -0.917. The molecule has 2 aromatic carbocycles. The van der Waals surface area contributed by atoms with Crippen molar-refractivity contribution >= 4 is 22.5 Å². The van der Waals surface area contributed by atoms with Gasteiger partial charge in [-0.15, -0.1) is 0 Å². The number of anilines is 1. The van der Waals surface area contributed by atoms with Gasteiger partial charge < -0.3 is 10.1 Å². The fraction of sp³-hybridized carbons (Fsp3) is 0.211. The average Bonchev–Trinajstić information content (AvgIpc) is 2.61. The minimum Gasteiger partial charge on any atom is -0.435 e. The molecule has 0 spiro atoms. The lowest BCUT2D eigenvalue weighted by Gasteiger charge is -2.10. The second-order valence-electron chi connectivity index (χ2n) is 5.92. The van der Waals surface area contributed by atoms with Gasteiger partial charge in [-0.25, -0.2) is 4.98 Å². The Labute approximate surface area is 153 Å². The first-order valence-corrected chi connectivity index (χ1v) is 8.23. The Kier molecular flexibility index (Phi) is 5.44. The maximum atomic E-state index is 12.5. The van der Waals surface area contributed by atoms with E-state index in [2.05, 4.69) is 15.0 Å². The second kappa shape index (κ2) is 7.94.